The lowest BCUT2D eigenvalue weighted by Gasteiger charge is -2.25. The number of pyridine rings is 1. The summed E-state index contributed by atoms with van der Waals surface area (Å²) in [5.41, 5.74) is 6.71. The fourth-order valence-corrected chi connectivity index (χ4v) is 4.38. The Hall–Kier alpha value is -3.88. The minimum Gasteiger partial charge on any atom is -0.369 e. The lowest BCUT2D eigenvalue weighted by atomic mass is 9.83. The normalized spacial score (nSPS) is 17.7. The molecule has 35 heavy (non-hydrogen) atoms. The topological polar surface area (TPSA) is 93.6 Å². The van der Waals surface area contributed by atoms with E-state index in [1.54, 1.807) is 60.2 Å². The number of benzene rings is 1. The summed E-state index contributed by atoms with van der Waals surface area (Å²) in [6, 6.07) is 11.8. The average Bonchev–Trinajstić information content (AvgIpc) is 3.39. The number of rotatable bonds is 9. The average molecular weight is 480 g/mol. The van der Waals surface area contributed by atoms with Crippen LogP contribution in [0.1, 0.15) is 47.8 Å². The zero-order valence-corrected chi connectivity index (χ0v) is 19.7. The number of Topliss-reactive ketones (excluding diaryl/α,β-unsaturated/α-hetero) is 1. The van der Waals surface area contributed by atoms with E-state index in [1.807, 2.05) is 0 Å². The molecule has 7 nitrogen and oxygen atoms in total. The zero-order chi connectivity index (χ0) is 25.2. The summed E-state index contributed by atoms with van der Waals surface area (Å²) in [7, 11) is 1.53. The van der Waals surface area contributed by atoms with Crippen LogP contribution >= 0.6 is 0 Å². The molecule has 3 heterocycles. The van der Waals surface area contributed by atoms with Crippen LogP contribution in [0.2, 0.25) is 0 Å². The van der Waals surface area contributed by atoms with Gasteiger partial charge in [-0.1, -0.05) is 25.1 Å². The summed E-state index contributed by atoms with van der Waals surface area (Å²) in [4.78, 5) is 36.0. The lowest BCUT2D eigenvalue weighted by molar-refractivity contribution is -0.129. The number of carbonyl (C=O) groups is 2. The molecule has 1 aliphatic rings. The van der Waals surface area contributed by atoms with E-state index >= 15 is 0 Å². The molecule has 1 atom stereocenters. The molecule has 1 amide bonds. The van der Waals surface area contributed by atoms with Crippen LogP contribution in [0.15, 0.2) is 59.9 Å². The van der Waals surface area contributed by atoms with Crippen LogP contribution in [0.5, 0.6) is 0 Å². The standard InChI is InChI=1S/C26H27F2N5O2/c1-3-22(34)21-15-19(16-33(21)13-5-4-11-27)26(24(35)32(2)25(29)31-26)18-9-6-8-17(14-18)20-10-7-12-30-23(20)28/h6-10,12,14-16H,3-5,11,13H2,1-2H3,(H2,29,31)/t26-/m0/s1. The van der Waals surface area contributed by atoms with Crippen LogP contribution in [0, 0.1) is 5.95 Å². The molecular weight excluding hydrogens is 452 g/mol. The van der Waals surface area contributed by atoms with Crippen molar-refractivity contribution in [1.29, 1.82) is 0 Å². The molecule has 3 aromatic rings. The number of carbonyl (C=O) groups excluding carboxylic acids is 2. The van der Waals surface area contributed by atoms with E-state index < -0.39 is 24.1 Å². The third-order valence-corrected chi connectivity index (χ3v) is 6.29. The number of aromatic nitrogens is 2. The van der Waals surface area contributed by atoms with Crippen LogP contribution in [-0.4, -0.2) is 45.8 Å². The second-order valence-electron chi connectivity index (χ2n) is 8.45. The Balaban J connectivity index is 1.91. The van der Waals surface area contributed by atoms with Crippen molar-refractivity contribution < 1.29 is 18.4 Å². The molecule has 0 radical (unpaired) electrons. The lowest BCUT2D eigenvalue weighted by Crippen LogP contribution is -2.41. The van der Waals surface area contributed by atoms with Crippen molar-refractivity contribution in [2.75, 3.05) is 13.7 Å². The van der Waals surface area contributed by atoms with Gasteiger partial charge in [-0.3, -0.25) is 18.9 Å². The molecule has 0 fully saturated rings. The van der Waals surface area contributed by atoms with Crippen molar-refractivity contribution in [3.63, 3.8) is 0 Å². The first kappa shape index (κ1) is 24.3. The van der Waals surface area contributed by atoms with Crippen molar-refractivity contribution in [3.8, 4) is 11.1 Å². The van der Waals surface area contributed by atoms with Gasteiger partial charge in [-0.2, -0.15) is 4.39 Å². The highest BCUT2D eigenvalue weighted by molar-refractivity contribution is 6.09. The van der Waals surface area contributed by atoms with Gasteiger partial charge in [-0.15, -0.1) is 0 Å². The highest BCUT2D eigenvalue weighted by Gasteiger charge is 2.50. The molecular formula is C26H27F2N5O2. The number of nitrogens with zero attached hydrogens (tertiary/aromatic N) is 4. The van der Waals surface area contributed by atoms with Gasteiger partial charge in [0.15, 0.2) is 17.3 Å². The SMILES string of the molecule is CCC(=O)c1cc([C@]2(c3cccc(-c4cccnc4F)c3)N=C(N)N(C)C2=O)cn1CCCCF. The van der Waals surface area contributed by atoms with E-state index in [9.17, 15) is 18.4 Å². The van der Waals surface area contributed by atoms with E-state index in [4.69, 9.17) is 5.73 Å². The molecule has 0 spiro atoms. The number of ketones is 1. The van der Waals surface area contributed by atoms with Crippen LogP contribution in [-0.2, 0) is 16.9 Å². The van der Waals surface area contributed by atoms with E-state index in [0.717, 1.165) is 0 Å². The summed E-state index contributed by atoms with van der Waals surface area (Å²) in [6.07, 6.45) is 4.25. The van der Waals surface area contributed by atoms with Crippen LogP contribution in [0.3, 0.4) is 0 Å². The van der Waals surface area contributed by atoms with Gasteiger partial charge in [0.25, 0.3) is 5.91 Å². The molecule has 4 rings (SSSR count). The summed E-state index contributed by atoms with van der Waals surface area (Å²) >= 11 is 0. The summed E-state index contributed by atoms with van der Waals surface area (Å²) in [5, 5.41) is 0. The fraction of sp³-hybridized carbons (Fsp3) is 0.308. The highest BCUT2D eigenvalue weighted by Crippen LogP contribution is 2.41. The predicted molar refractivity (Wildman–Crippen MR) is 129 cm³/mol. The van der Waals surface area contributed by atoms with Crippen molar-refractivity contribution in [3.05, 3.63) is 77.6 Å². The van der Waals surface area contributed by atoms with E-state index in [0.29, 0.717) is 41.8 Å². The Kier molecular flexibility index (Phi) is 6.77. The third-order valence-electron chi connectivity index (χ3n) is 6.29. The number of aryl methyl sites for hydroxylation is 1. The number of alkyl halides is 1. The molecule has 2 N–H and O–H groups in total. The van der Waals surface area contributed by atoms with E-state index in [1.165, 1.54) is 18.1 Å². The summed E-state index contributed by atoms with van der Waals surface area (Å²) in [5.74, 6) is -1.10. The van der Waals surface area contributed by atoms with Gasteiger partial charge in [0.1, 0.15) is 0 Å². The summed E-state index contributed by atoms with van der Waals surface area (Å²) in [6.45, 7) is 1.73. The van der Waals surface area contributed by atoms with Gasteiger partial charge in [0.2, 0.25) is 5.95 Å². The van der Waals surface area contributed by atoms with E-state index in [-0.39, 0.29) is 23.7 Å². The number of likely N-dealkylation sites (N-methyl/N-ethyl adjacent to an activating group) is 1. The first-order valence-electron chi connectivity index (χ1n) is 11.5. The van der Waals surface area contributed by atoms with Crippen LogP contribution in [0.4, 0.5) is 8.78 Å². The Labute approximate surface area is 202 Å². The molecule has 0 saturated carbocycles. The number of hydrogen-bond donors (Lipinski definition) is 1. The summed E-state index contributed by atoms with van der Waals surface area (Å²) < 4.78 is 28.9. The maximum absolute atomic E-state index is 14.4. The molecule has 1 aromatic carbocycles. The maximum Gasteiger partial charge on any atom is 0.266 e. The molecule has 0 bridgehead atoms. The zero-order valence-electron chi connectivity index (χ0n) is 19.7. The smallest absolute Gasteiger partial charge is 0.266 e. The van der Waals surface area contributed by atoms with Crippen molar-refractivity contribution in [1.82, 2.24) is 14.5 Å². The second-order valence-corrected chi connectivity index (χ2v) is 8.45. The number of aliphatic imine (C=N–C) groups is 1. The predicted octanol–water partition coefficient (Wildman–Crippen LogP) is 4.06. The molecule has 0 unspecified atom stereocenters. The van der Waals surface area contributed by atoms with Crippen molar-refractivity contribution in [2.45, 2.75) is 38.3 Å². The monoisotopic (exact) mass is 479 g/mol. The quantitative estimate of drug-likeness (QED) is 0.285. The maximum atomic E-state index is 14.4. The van der Waals surface area contributed by atoms with Crippen LogP contribution < -0.4 is 5.73 Å². The van der Waals surface area contributed by atoms with Gasteiger partial charge in [0.05, 0.1) is 12.4 Å². The van der Waals surface area contributed by atoms with Crippen molar-refractivity contribution in [2.24, 2.45) is 10.7 Å². The Bertz CT molecular complexity index is 1300. The molecule has 9 heteroatoms. The van der Waals surface area contributed by atoms with Gasteiger partial charge in [-0.25, -0.2) is 9.98 Å². The first-order chi connectivity index (χ1) is 16.8. The molecule has 1 aliphatic heterocycles. The Morgan fingerprint density at radius 3 is 2.60 bits per heavy atom. The van der Waals surface area contributed by atoms with Gasteiger partial charge in [-0.05, 0) is 48.2 Å². The number of hydrogen-bond acceptors (Lipinski definition) is 5. The Morgan fingerprint density at radius 1 is 1.14 bits per heavy atom. The fourth-order valence-electron chi connectivity index (χ4n) is 4.38. The minimum atomic E-state index is -1.55. The number of unbranched alkanes of at least 4 members (excludes halogenated alkanes) is 1. The van der Waals surface area contributed by atoms with Gasteiger partial charge < -0.3 is 10.3 Å². The first-order valence-corrected chi connectivity index (χ1v) is 11.5. The van der Waals surface area contributed by atoms with Gasteiger partial charge in [0, 0.05) is 43.5 Å². The van der Waals surface area contributed by atoms with E-state index in [2.05, 4.69) is 9.98 Å². The number of amides is 1. The number of guanidine groups is 1. The molecule has 182 valence electrons. The second kappa shape index (κ2) is 9.77. The number of nitrogens with two attached hydrogens (primary N) is 1. The minimum absolute atomic E-state index is 0.0292. The van der Waals surface area contributed by atoms with Gasteiger partial charge >= 0.3 is 0 Å². The molecule has 0 aliphatic carbocycles. The largest absolute Gasteiger partial charge is 0.369 e. The third kappa shape index (κ3) is 4.22. The molecule has 0 saturated heterocycles. The highest BCUT2D eigenvalue weighted by atomic mass is 19.1. The van der Waals surface area contributed by atoms with Crippen LogP contribution in [0.25, 0.3) is 11.1 Å². The molecule has 2 aromatic heterocycles. The van der Waals surface area contributed by atoms with Crippen molar-refractivity contribution >= 4 is 17.6 Å². The Morgan fingerprint density at radius 2 is 1.94 bits per heavy atom. The number of halogens is 2.